The van der Waals surface area contributed by atoms with Crippen LogP contribution >= 0.6 is 23.1 Å². The van der Waals surface area contributed by atoms with E-state index in [9.17, 15) is 4.79 Å². The Balaban J connectivity index is 1.32. The maximum Gasteiger partial charge on any atom is 0.236 e. The van der Waals surface area contributed by atoms with Gasteiger partial charge in [-0.1, -0.05) is 48.0 Å². The van der Waals surface area contributed by atoms with E-state index in [4.69, 9.17) is 0 Å². The highest BCUT2D eigenvalue weighted by molar-refractivity contribution is 8.00. The van der Waals surface area contributed by atoms with Crippen LogP contribution < -0.4 is 5.32 Å². The van der Waals surface area contributed by atoms with Crippen LogP contribution in [0, 0.1) is 13.8 Å². The van der Waals surface area contributed by atoms with Crippen LogP contribution in [0.25, 0.3) is 0 Å². The molecule has 150 valence electrons. The lowest BCUT2D eigenvalue weighted by Crippen LogP contribution is -2.29. The second-order valence-electron chi connectivity index (χ2n) is 7.44. The molecule has 29 heavy (non-hydrogen) atoms. The molecule has 0 unspecified atom stereocenters. The number of nitrogens with zero attached hydrogens (tertiary/aromatic N) is 2. The molecule has 1 N–H and O–H groups in total. The highest BCUT2D eigenvalue weighted by Gasteiger charge is 2.21. The third kappa shape index (κ3) is 5.26. The smallest absolute Gasteiger partial charge is 0.236 e. The minimum atomic E-state index is 0.00205. The average Bonchev–Trinajstić information content (AvgIpc) is 3.09. The lowest BCUT2D eigenvalue weighted by Gasteiger charge is -2.25. The molecule has 1 aromatic heterocycles. The van der Waals surface area contributed by atoms with Crippen LogP contribution in [0.5, 0.6) is 0 Å². The van der Waals surface area contributed by atoms with E-state index in [1.54, 1.807) is 23.1 Å². The first kappa shape index (κ1) is 20.1. The fourth-order valence-electron chi connectivity index (χ4n) is 3.54. The largest absolute Gasteiger partial charge is 0.301 e. The Morgan fingerprint density at radius 2 is 2.03 bits per heavy atom. The van der Waals surface area contributed by atoms with Gasteiger partial charge in [-0.3, -0.25) is 9.69 Å². The van der Waals surface area contributed by atoms with E-state index in [2.05, 4.69) is 71.5 Å². The van der Waals surface area contributed by atoms with Crippen molar-refractivity contribution in [2.45, 2.75) is 38.3 Å². The monoisotopic (exact) mass is 423 g/mol. The van der Waals surface area contributed by atoms with E-state index < -0.39 is 0 Å². The number of thioether (sulfide) groups is 1. The minimum absolute atomic E-state index is 0.00205. The molecule has 3 aromatic rings. The topological polar surface area (TPSA) is 45.2 Å². The molecule has 0 bridgehead atoms. The second kappa shape index (κ2) is 9.11. The van der Waals surface area contributed by atoms with E-state index >= 15 is 0 Å². The number of benzene rings is 2. The van der Waals surface area contributed by atoms with Crippen LogP contribution in [0.2, 0.25) is 0 Å². The molecule has 6 heteroatoms. The number of rotatable bonds is 6. The summed E-state index contributed by atoms with van der Waals surface area (Å²) in [5.74, 6) is 0.399. The zero-order chi connectivity index (χ0) is 20.2. The van der Waals surface area contributed by atoms with Crippen molar-refractivity contribution in [3.8, 4) is 0 Å². The van der Waals surface area contributed by atoms with Gasteiger partial charge in [0.25, 0.3) is 0 Å². The molecule has 2 aromatic carbocycles. The van der Waals surface area contributed by atoms with Gasteiger partial charge in [0.15, 0.2) is 5.13 Å². The number of aromatic nitrogens is 1. The SMILES string of the molecule is Cc1ccc(SCC(=O)Nc2nc3c(s2)CN(Cc2ccccc2)CC3)c(C)c1. The molecular formula is C23H25N3OS2. The molecule has 0 saturated carbocycles. The molecule has 0 aliphatic carbocycles. The van der Waals surface area contributed by atoms with Crippen molar-refractivity contribution in [2.24, 2.45) is 0 Å². The molecule has 1 aliphatic heterocycles. The van der Waals surface area contributed by atoms with Crippen molar-refractivity contribution >= 4 is 34.1 Å². The maximum atomic E-state index is 12.4. The van der Waals surface area contributed by atoms with Gasteiger partial charge in [-0.2, -0.15) is 0 Å². The molecule has 0 spiro atoms. The van der Waals surface area contributed by atoms with Gasteiger partial charge < -0.3 is 5.32 Å². The van der Waals surface area contributed by atoms with Crippen LogP contribution in [0.4, 0.5) is 5.13 Å². The molecule has 4 rings (SSSR count). The zero-order valence-corrected chi connectivity index (χ0v) is 18.4. The van der Waals surface area contributed by atoms with Crippen molar-refractivity contribution in [1.82, 2.24) is 9.88 Å². The fraction of sp³-hybridized carbons (Fsp3) is 0.304. The zero-order valence-electron chi connectivity index (χ0n) is 16.8. The Bertz CT molecular complexity index is 1000. The summed E-state index contributed by atoms with van der Waals surface area (Å²) in [6, 6.07) is 16.9. The Kier molecular flexibility index (Phi) is 6.33. The molecule has 1 aliphatic rings. The van der Waals surface area contributed by atoms with Crippen LogP contribution in [0.1, 0.15) is 27.3 Å². The number of hydrogen-bond donors (Lipinski definition) is 1. The predicted octanol–water partition coefficient (Wildman–Crippen LogP) is 5.05. The van der Waals surface area contributed by atoms with Gasteiger partial charge in [0, 0.05) is 35.8 Å². The lowest BCUT2D eigenvalue weighted by molar-refractivity contribution is -0.113. The summed E-state index contributed by atoms with van der Waals surface area (Å²) >= 11 is 3.19. The van der Waals surface area contributed by atoms with Crippen LogP contribution in [-0.2, 0) is 24.3 Å². The second-order valence-corrected chi connectivity index (χ2v) is 9.54. The Hall–Kier alpha value is -2.15. The number of aryl methyl sites for hydroxylation is 2. The number of amides is 1. The number of hydrogen-bond acceptors (Lipinski definition) is 5. The summed E-state index contributed by atoms with van der Waals surface area (Å²) < 4.78 is 0. The number of thiazole rings is 1. The highest BCUT2D eigenvalue weighted by atomic mass is 32.2. The van der Waals surface area contributed by atoms with Gasteiger partial charge in [-0.25, -0.2) is 4.98 Å². The molecule has 1 amide bonds. The molecule has 0 radical (unpaired) electrons. The van der Waals surface area contributed by atoms with Gasteiger partial charge in [0.05, 0.1) is 11.4 Å². The van der Waals surface area contributed by atoms with Gasteiger partial charge in [0.2, 0.25) is 5.91 Å². The number of carbonyl (C=O) groups is 1. The lowest BCUT2D eigenvalue weighted by atomic mass is 10.1. The summed E-state index contributed by atoms with van der Waals surface area (Å²) in [5, 5.41) is 3.72. The Morgan fingerprint density at radius 3 is 2.83 bits per heavy atom. The summed E-state index contributed by atoms with van der Waals surface area (Å²) in [4.78, 5) is 21.9. The minimum Gasteiger partial charge on any atom is -0.301 e. The average molecular weight is 424 g/mol. The van der Waals surface area contributed by atoms with Crippen LogP contribution in [-0.4, -0.2) is 28.1 Å². The van der Waals surface area contributed by atoms with Gasteiger partial charge in [0.1, 0.15) is 0 Å². The summed E-state index contributed by atoms with van der Waals surface area (Å²) in [5.41, 5.74) is 4.92. The van der Waals surface area contributed by atoms with E-state index in [1.165, 1.54) is 21.6 Å². The van der Waals surface area contributed by atoms with Gasteiger partial charge in [-0.05, 0) is 31.0 Å². The number of nitrogens with one attached hydrogen (secondary N) is 1. The number of fused-ring (bicyclic) bond motifs is 1. The van der Waals surface area contributed by atoms with Crippen LogP contribution in [0.15, 0.2) is 53.4 Å². The van der Waals surface area contributed by atoms with E-state index in [0.29, 0.717) is 5.75 Å². The van der Waals surface area contributed by atoms with Crippen LogP contribution in [0.3, 0.4) is 0 Å². The number of carbonyl (C=O) groups excluding carboxylic acids is 1. The van der Waals surface area contributed by atoms with Gasteiger partial charge >= 0.3 is 0 Å². The fourth-order valence-corrected chi connectivity index (χ4v) is 5.41. The first-order valence-corrected chi connectivity index (χ1v) is 11.6. The molecule has 0 fully saturated rings. The van der Waals surface area contributed by atoms with Crippen molar-refractivity contribution in [1.29, 1.82) is 0 Å². The molecular weight excluding hydrogens is 398 g/mol. The van der Waals surface area contributed by atoms with E-state index in [0.717, 1.165) is 41.8 Å². The molecule has 4 nitrogen and oxygen atoms in total. The maximum absolute atomic E-state index is 12.4. The van der Waals surface area contributed by atoms with E-state index in [-0.39, 0.29) is 5.91 Å². The predicted molar refractivity (Wildman–Crippen MR) is 122 cm³/mol. The normalized spacial score (nSPS) is 13.9. The van der Waals surface area contributed by atoms with Gasteiger partial charge in [-0.15, -0.1) is 23.1 Å². The number of anilines is 1. The highest BCUT2D eigenvalue weighted by Crippen LogP contribution is 2.29. The molecule has 2 heterocycles. The molecule has 0 saturated heterocycles. The van der Waals surface area contributed by atoms with Crippen molar-refractivity contribution in [3.05, 3.63) is 75.8 Å². The standard InChI is InChI=1S/C23H25N3OS2/c1-16-8-9-20(17(2)12-16)28-15-22(27)25-23-24-19-10-11-26(14-21(19)29-23)13-18-6-4-3-5-7-18/h3-9,12H,10-11,13-15H2,1-2H3,(H,24,25,27). The van der Waals surface area contributed by atoms with Crippen molar-refractivity contribution in [3.63, 3.8) is 0 Å². The summed E-state index contributed by atoms with van der Waals surface area (Å²) in [6.07, 6.45) is 0.936. The van der Waals surface area contributed by atoms with E-state index in [1.807, 2.05) is 6.07 Å². The summed E-state index contributed by atoms with van der Waals surface area (Å²) in [7, 11) is 0. The Labute approximate surface area is 180 Å². The first-order chi connectivity index (χ1) is 14.1. The van der Waals surface area contributed by atoms with Crippen molar-refractivity contribution < 1.29 is 4.79 Å². The van der Waals surface area contributed by atoms with Crippen molar-refractivity contribution in [2.75, 3.05) is 17.6 Å². The summed E-state index contributed by atoms with van der Waals surface area (Å²) in [6.45, 7) is 7.02. The first-order valence-electron chi connectivity index (χ1n) is 9.81. The third-order valence-corrected chi connectivity index (χ3v) is 7.17. The molecule has 0 atom stereocenters. The third-order valence-electron chi connectivity index (χ3n) is 4.99. The quantitative estimate of drug-likeness (QED) is 0.564. The Morgan fingerprint density at radius 1 is 1.21 bits per heavy atom.